The van der Waals surface area contributed by atoms with Gasteiger partial charge in [-0.3, -0.25) is 9.79 Å². The molecule has 2 N–H and O–H groups in total. The Labute approximate surface area is 136 Å². The van der Waals surface area contributed by atoms with E-state index in [2.05, 4.69) is 31.8 Å². The normalized spacial score (nSPS) is 32.0. The molecule has 3 rings (SSSR count). The van der Waals surface area contributed by atoms with E-state index in [9.17, 15) is 4.79 Å². The van der Waals surface area contributed by atoms with Gasteiger partial charge in [0, 0.05) is 6.21 Å². The number of rotatable bonds is 2. The zero-order valence-electron chi connectivity index (χ0n) is 13.1. The van der Waals surface area contributed by atoms with Gasteiger partial charge in [-0.1, -0.05) is 56.6 Å². The quantitative estimate of drug-likeness (QED) is 0.660. The zero-order chi connectivity index (χ0) is 16.1. The van der Waals surface area contributed by atoms with Crippen LogP contribution >= 0.6 is 11.6 Å². The number of primary amides is 1. The topological polar surface area (TPSA) is 55.5 Å². The number of nitrogens with two attached hydrogens (primary N) is 1. The molecule has 116 valence electrons. The lowest BCUT2D eigenvalue weighted by Gasteiger charge is -2.34. The Morgan fingerprint density at radius 3 is 2.68 bits per heavy atom. The first kappa shape index (κ1) is 15.3. The second-order valence-corrected chi connectivity index (χ2v) is 7.40. The third kappa shape index (κ3) is 1.95. The number of hydrogen-bond donors (Lipinski definition) is 1. The van der Waals surface area contributed by atoms with Gasteiger partial charge in [0.15, 0.2) is 0 Å². The predicted molar refractivity (Wildman–Crippen MR) is 90.6 cm³/mol. The molecule has 1 aromatic rings. The third-order valence-electron chi connectivity index (χ3n) is 5.04. The Morgan fingerprint density at radius 2 is 2.05 bits per heavy atom. The number of fused-ring (bicyclic) bond motifs is 1. The average Bonchev–Trinajstić information content (AvgIpc) is 2.69. The summed E-state index contributed by atoms with van der Waals surface area (Å²) >= 11 is 6.44. The highest BCUT2D eigenvalue weighted by Gasteiger charge is 2.48. The van der Waals surface area contributed by atoms with E-state index < -0.39 is 16.8 Å². The molecule has 0 aromatic heterocycles. The Morgan fingerprint density at radius 1 is 1.36 bits per heavy atom. The number of amides is 1. The van der Waals surface area contributed by atoms with Crippen LogP contribution in [0.25, 0.3) is 0 Å². The number of carbonyl (C=O) groups excluding carboxylic acids is 1. The summed E-state index contributed by atoms with van der Waals surface area (Å²) in [5.41, 5.74) is 7.49. The Balaban J connectivity index is 2.29. The van der Waals surface area contributed by atoms with Crippen LogP contribution < -0.4 is 5.73 Å². The third-order valence-corrected chi connectivity index (χ3v) is 5.49. The maximum absolute atomic E-state index is 12.4. The first-order valence-corrected chi connectivity index (χ1v) is 8.03. The van der Waals surface area contributed by atoms with E-state index in [0.29, 0.717) is 5.92 Å². The maximum Gasteiger partial charge on any atom is 0.235 e. The highest BCUT2D eigenvalue weighted by atomic mass is 35.5. The molecular formula is C18H21ClN2O. The summed E-state index contributed by atoms with van der Waals surface area (Å²) in [4.78, 5) is 16.6. The fourth-order valence-corrected chi connectivity index (χ4v) is 4.45. The van der Waals surface area contributed by atoms with Crippen LogP contribution in [0.1, 0.15) is 49.8 Å². The van der Waals surface area contributed by atoms with E-state index in [1.54, 1.807) is 18.4 Å². The average molecular weight is 317 g/mol. The van der Waals surface area contributed by atoms with Gasteiger partial charge in [-0.05, 0) is 40.5 Å². The number of aliphatic imine (C=N–C) groups is 1. The molecular weight excluding hydrogens is 296 g/mol. The van der Waals surface area contributed by atoms with Crippen molar-refractivity contribution in [2.75, 3.05) is 0 Å². The van der Waals surface area contributed by atoms with Gasteiger partial charge in [-0.15, -0.1) is 0 Å². The largest absolute Gasteiger partial charge is 0.369 e. The minimum atomic E-state index is -1.07. The number of alkyl halides is 1. The van der Waals surface area contributed by atoms with Crippen molar-refractivity contribution in [1.82, 2.24) is 0 Å². The number of allylic oxidation sites excluding steroid dienone is 1. The van der Waals surface area contributed by atoms with Crippen molar-refractivity contribution in [3.8, 4) is 0 Å². The van der Waals surface area contributed by atoms with Crippen molar-refractivity contribution in [1.29, 1.82) is 0 Å². The number of halogens is 1. The second-order valence-electron chi connectivity index (χ2n) is 6.98. The molecule has 4 heteroatoms. The van der Waals surface area contributed by atoms with Gasteiger partial charge in [0.1, 0.15) is 10.9 Å². The van der Waals surface area contributed by atoms with Gasteiger partial charge < -0.3 is 5.73 Å². The molecule has 22 heavy (non-hydrogen) atoms. The zero-order valence-corrected chi connectivity index (χ0v) is 13.9. The van der Waals surface area contributed by atoms with Crippen LogP contribution in [0.5, 0.6) is 0 Å². The van der Waals surface area contributed by atoms with Crippen LogP contribution in [0.4, 0.5) is 0 Å². The summed E-state index contributed by atoms with van der Waals surface area (Å²) in [5.74, 6) is -0.0912. The summed E-state index contributed by atoms with van der Waals surface area (Å²) in [6, 6.07) is 6.12. The molecule has 0 fully saturated rings. The molecule has 0 spiro atoms. The Bertz CT molecular complexity index is 692. The monoisotopic (exact) mass is 316 g/mol. The summed E-state index contributed by atoms with van der Waals surface area (Å²) in [7, 11) is 0. The van der Waals surface area contributed by atoms with E-state index in [0.717, 1.165) is 12.0 Å². The molecule has 0 bridgehead atoms. The number of nitrogens with zero attached hydrogens (tertiary/aromatic N) is 1. The number of carbonyl (C=O) groups is 1. The predicted octanol–water partition coefficient (Wildman–Crippen LogP) is 3.40. The van der Waals surface area contributed by atoms with Crippen molar-refractivity contribution in [2.24, 2.45) is 10.7 Å². The lowest BCUT2D eigenvalue weighted by atomic mass is 9.73. The van der Waals surface area contributed by atoms with Gasteiger partial charge in [-0.25, -0.2) is 0 Å². The van der Waals surface area contributed by atoms with Crippen molar-refractivity contribution < 1.29 is 4.79 Å². The highest BCUT2D eigenvalue weighted by Crippen LogP contribution is 2.50. The molecule has 3 nitrogen and oxygen atoms in total. The van der Waals surface area contributed by atoms with Crippen LogP contribution in [0.15, 0.2) is 35.3 Å². The first-order valence-electron chi connectivity index (χ1n) is 7.59. The molecule has 1 aliphatic heterocycles. The summed E-state index contributed by atoms with van der Waals surface area (Å²) in [5, 5.41) is 0. The van der Waals surface area contributed by atoms with E-state index in [1.165, 1.54) is 11.1 Å². The molecule has 0 saturated heterocycles. The summed E-state index contributed by atoms with van der Waals surface area (Å²) in [6.45, 7) is 6.68. The van der Waals surface area contributed by atoms with Gasteiger partial charge in [0.05, 0.1) is 0 Å². The van der Waals surface area contributed by atoms with Crippen LogP contribution in [0.2, 0.25) is 0 Å². The van der Waals surface area contributed by atoms with Gasteiger partial charge >= 0.3 is 0 Å². The van der Waals surface area contributed by atoms with Crippen LogP contribution in [0.3, 0.4) is 0 Å². The standard InChI is InChI=1S/C18H21ClN2O/c1-11-10-17(2,3)12-6-4-7-13(14(11)12)18(16(20)22)8-5-9-21-15(18)19/h4-9,11,15H,10H2,1-3H3,(H2,20,22). The first-order chi connectivity index (χ1) is 10.3. The molecule has 2 aliphatic rings. The molecule has 0 saturated carbocycles. The fourth-order valence-electron chi connectivity index (χ4n) is 4.09. The molecule has 1 amide bonds. The van der Waals surface area contributed by atoms with E-state index in [1.807, 2.05) is 12.1 Å². The van der Waals surface area contributed by atoms with Crippen LogP contribution in [-0.4, -0.2) is 17.6 Å². The molecule has 0 radical (unpaired) electrons. The molecule has 3 unspecified atom stereocenters. The minimum absolute atomic E-state index is 0.0903. The second kappa shape index (κ2) is 4.95. The van der Waals surface area contributed by atoms with Crippen molar-refractivity contribution >= 4 is 23.7 Å². The van der Waals surface area contributed by atoms with Crippen LogP contribution in [0, 0.1) is 0 Å². The molecule has 3 atom stereocenters. The molecule has 1 aliphatic carbocycles. The Hall–Kier alpha value is -1.61. The van der Waals surface area contributed by atoms with Crippen molar-refractivity contribution in [2.45, 2.75) is 49.4 Å². The molecule has 1 heterocycles. The fraction of sp³-hybridized carbons (Fsp3) is 0.444. The number of dihydropyridines is 1. The molecule has 1 aromatic carbocycles. The van der Waals surface area contributed by atoms with Crippen molar-refractivity contribution in [3.63, 3.8) is 0 Å². The number of hydrogen-bond acceptors (Lipinski definition) is 2. The highest BCUT2D eigenvalue weighted by molar-refractivity contribution is 6.24. The van der Waals surface area contributed by atoms with Gasteiger partial charge in [-0.2, -0.15) is 0 Å². The summed E-state index contributed by atoms with van der Waals surface area (Å²) in [6.07, 6.45) is 6.23. The lowest BCUT2D eigenvalue weighted by Crippen LogP contribution is -2.48. The van der Waals surface area contributed by atoms with E-state index >= 15 is 0 Å². The maximum atomic E-state index is 12.4. The Kier molecular flexibility index (Phi) is 3.44. The van der Waals surface area contributed by atoms with Gasteiger partial charge in [0.2, 0.25) is 5.91 Å². The SMILES string of the molecule is CC1CC(C)(C)c2cccc(C3(C(N)=O)C=CC=NC3Cl)c21. The van der Waals surface area contributed by atoms with E-state index in [-0.39, 0.29) is 5.41 Å². The smallest absolute Gasteiger partial charge is 0.235 e. The van der Waals surface area contributed by atoms with Gasteiger partial charge in [0.25, 0.3) is 0 Å². The van der Waals surface area contributed by atoms with Crippen molar-refractivity contribution in [3.05, 3.63) is 47.0 Å². The summed E-state index contributed by atoms with van der Waals surface area (Å²) < 4.78 is 0. The minimum Gasteiger partial charge on any atom is -0.369 e. The van der Waals surface area contributed by atoms with E-state index in [4.69, 9.17) is 17.3 Å². The van der Waals surface area contributed by atoms with Crippen LogP contribution in [-0.2, 0) is 15.6 Å². The lowest BCUT2D eigenvalue weighted by molar-refractivity contribution is -0.122. The number of benzene rings is 1.